The van der Waals surface area contributed by atoms with Gasteiger partial charge in [-0.25, -0.2) is 4.98 Å². The van der Waals surface area contributed by atoms with E-state index in [2.05, 4.69) is 10.3 Å². The lowest BCUT2D eigenvalue weighted by atomic mass is 10.1. The average Bonchev–Trinajstić information content (AvgIpc) is 3.26. The molecule has 0 unspecified atom stereocenters. The molecule has 0 fully saturated rings. The van der Waals surface area contributed by atoms with Crippen molar-refractivity contribution < 1.29 is 14.3 Å². The molecule has 3 aromatic carbocycles. The molecule has 1 aromatic heterocycles. The number of ketones is 1. The van der Waals surface area contributed by atoms with Crippen molar-refractivity contribution in [3.8, 4) is 11.5 Å². The number of hydrogen-bond acceptors (Lipinski definition) is 5. The van der Waals surface area contributed by atoms with Crippen molar-refractivity contribution in [3.63, 3.8) is 0 Å². The fraction of sp³-hybridized carbons (Fsp3) is 0.154. The number of ether oxygens (including phenoxy) is 2. The molecule has 0 atom stereocenters. The van der Waals surface area contributed by atoms with E-state index in [9.17, 15) is 4.79 Å². The molecule has 0 amide bonds. The molecule has 0 aliphatic heterocycles. The maximum Gasteiger partial charge on any atom is 0.202 e. The summed E-state index contributed by atoms with van der Waals surface area (Å²) in [5.41, 5.74) is 2.64. The van der Waals surface area contributed by atoms with Crippen LogP contribution in [0.15, 0.2) is 91.3 Å². The number of nitrogens with zero attached hydrogens (tertiary/aromatic N) is 2. The molecule has 32 heavy (non-hydrogen) atoms. The number of rotatable bonds is 10. The molecule has 0 radical (unpaired) electrons. The lowest BCUT2D eigenvalue weighted by Gasteiger charge is -2.15. The standard InChI is InChI=1S/C26H25N3O3/c1-29-15-14-27-26(29)28-17-23(30)22-12-13-24(31-18-20-8-4-2-5-9-20)25(16-22)32-19-21-10-6-3-7-11-21/h2-16H,17-19H2,1H3,(H,27,28). The highest BCUT2D eigenvalue weighted by atomic mass is 16.5. The maximum atomic E-state index is 12.8. The third kappa shape index (κ3) is 5.55. The van der Waals surface area contributed by atoms with Gasteiger partial charge in [-0.3, -0.25) is 4.79 Å². The number of Topliss-reactive ketones (excluding diaryl/α,β-unsaturated/α-hetero) is 1. The minimum absolute atomic E-state index is 0.0628. The number of nitrogens with one attached hydrogen (secondary N) is 1. The molecule has 0 aliphatic rings. The van der Waals surface area contributed by atoms with Gasteiger partial charge < -0.3 is 19.4 Å². The van der Waals surface area contributed by atoms with E-state index in [0.717, 1.165) is 11.1 Å². The summed E-state index contributed by atoms with van der Waals surface area (Å²) in [6, 6.07) is 25.1. The van der Waals surface area contributed by atoms with Crippen molar-refractivity contribution in [1.29, 1.82) is 0 Å². The van der Waals surface area contributed by atoms with Crippen molar-refractivity contribution in [3.05, 3.63) is 108 Å². The second-order valence-electron chi connectivity index (χ2n) is 7.35. The van der Waals surface area contributed by atoms with Gasteiger partial charge in [-0.05, 0) is 29.3 Å². The summed E-state index contributed by atoms with van der Waals surface area (Å²) in [7, 11) is 1.87. The second-order valence-corrected chi connectivity index (χ2v) is 7.35. The van der Waals surface area contributed by atoms with Crippen LogP contribution >= 0.6 is 0 Å². The molecular weight excluding hydrogens is 402 g/mol. The van der Waals surface area contributed by atoms with Gasteiger partial charge in [-0.1, -0.05) is 60.7 Å². The number of benzene rings is 3. The Morgan fingerprint density at radius 3 is 2.09 bits per heavy atom. The zero-order valence-corrected chi connectivity index (χ0v) is 17.9. The fourth-order valence-electron chi connectivity index (χ4n) is 3.18. The van der Waals surface area contributed by atoms with E-state index in [0.29, 0.717) is 36.2 Å². The van der Waals surface area contributed by atoms with Gasteiger partial charge >= 0.3 is 0 Å². The summed E-state index contributed by atoms with van der Waals surface area (Å²) >= 11 is 0. The lowest BCUT2D eigenvalue weighted by molar-refractivity contribution is 0.100. The minimum atomic E-state index is -0.0628. The van der Waals surface area contributed by atoms with Crippen LogP contribution in [-0.2, 0) is 20.3 Å². The monoisotopic (exact) mass is 427 g/mol. The second kappa shape index (κ2) is 10.3. The molecule has 0 saturated carbocycles. The van der Waals surface area contributed by atoms with Crippen LogP contribution in [0.4, 0.5) is 5.95 Å². The van der Waals surface area contributed by atoms with Crippen LogP contribution in [-0.4, -0.2) is 21.9 Å². The molecule has 1 heterocycles. The summed E-state index contributed by atoms with van der Waals surface area (Å²) in [5.74, 6) is 1.71. The third-order valence-electron chi connectivity index (χ3n) is 4.97. The Labute approximate surface area is 187 Å². The number of imidazole rings is 1. The first-order valence-electron chi connectivity index (χ1n) is 10.4. The van der Waals surface area contributed by atoms with Crippen LogP contribution < -0.4 is 14.8 Å². The topological polar surface area (TPSA) is 65.4 Å². The van der Waals surface area contributed by atoms with Gasteiger partial charge in [0.05, 0.1) is 6.54 Å². The smallest absolute Gasteiger partial charge is 0.202 e. The van der Waals surface area contributed by atoms with Crippen LogP contribution in [0, 0.1) is 0 Å². The molecular formula is C26H25N3O3. The van der Waals surface area contributed by atoms with Gasteiger partial charge in [0.1, 0.15) is 13.2 Å². The summed E-state index contributed by atoms with van der Waals surface area (Å²) < 4.78 is 13.9. The number of hydrogen-bond donors (Lipinski definition) is 1. The molecule has 0 spiro atoms. The predicted octanol–water partition coefficient (Wildman–Crippen LogP) is 4.87. The highest BCUT2D eigenvalue weighted by Crippen LogP contribution is 2.30. The number of anilines is 1. The summed E-state index contributed by atoms with van der Waals surface area (Å²) in [5, 5.41) is 3.06. The molecule has 0 aliphatic carbocycles. The van der Waals surface area contributed by atoms with E-state index >= 15 is 0 Å². The van der Waals surface area contributed by atoms with Crippen molar-refractivity contribution in [1.82, 2.24) is 9.55 Å². The lowest BCUT2D eigenvalue weighted by Crippen LogP contribution is -2.16. The number of carbonyl (C=O) groups excluding carboxylic acids is 1. The van der Waals surface area contributed by atoms with Crippen molar-refractivity contribution in [2.45, 2.75) is 13.2 Å². The Balaban J connectivity index is 1.49. The Morgan fingerprint density at radius 2 is 1.50 bits per heavy atom. The number of aromatic nitrogens is 2. The maximum absolute atomic E-state index is 12.8. The average molecular weight is 428 g/mol. The summed E-state index contributed by atoms with van der Waals surface area (Å²) in [6.07, 6.45) is 3.50. The zero-order valence-electron chi connectivity index (χ0n) is 17.9. The Bertz CT molecular complexity index is 1160. The quantitative estimate of drug-likeness (QED) is 0.366. The van der Waals surface area contributed by atoms with Crippen LogP contribution in [0.25, 0.3) is 0 Å². The third-order valence-corrected chi connectivity index (χ3v) is 4.97. The molecule has 0 saturated heterocycles. The number of carbonyl (C=O) groups is 1. The minimum Gasteiger partial charge on any atom is -0.485 e. The van der Waals surface area contributed by atoms with Crippen LogP contribution in [0.3, 0.4) is 0 Å². The Morgan fingerprint density at radius 1 is 0.875 bits per heavy atom. The predicted molar refractivity (Wildman–Crippen MR) is 124 cm³/mol. The van der Waals surface area contributed by atoms with E-state index in [1.807, 2.05) is 78.5 Å². The molecule has 4 rings (SSSR count). The molecule has 0 bridgehead atoms. The first-order valence-corrected chi connectivity index (χ1v) is 10.4. The van der Waals surface area contributed by atoms with E-state index in [-0.39, 0.29) is 12.3 Å². The van der Waals surface area contributed by atoms with Crippen molar-refractivity contribution >= 4 is 11.7 Å². The SMILES string of the molecule is Cn1ccnc1NCC(=O)c1ccc(OCc2ccccc2)c(OCc2ccccc2)c1. The highest BCUT2D eigenvalue weighted by Gasteiger charge is 2.13. The summed E-state index contributed by atoms with van der Waals surface area (Å²) in [4.78, 5) is 17.0. The van der Waals surface area contributed by atoms with E-state index in [1.165, 1.54) is 0 Å². The molecule has 1 N–H and O–H groups in total. The molecule has 6 nitrogen and oxygen atoms in total. The molecule has 4 aromatic rings. The van der Waals surface area contributed by atoms with Gasteiger partial charge in [0, 0.05) is 25.0 Å². The first kappa shape index (κ1) is 21.2. The van der Waals surface area contributed by atoms with E-state index in [1.54, 1.807) is 24.4 Å². The van der Waals surface area contributed by atoms with Crippen LogP contribution in [0.2, 0.25) is 0 Å². The van der Waals surface area contributed by atoms with Crippen molar-refractivity contribution in [2.24, 2.45) is 7.05 Å². The molecule has 162 valence electrons. The van der Waals surface area contributed by atoms with Gasteiger partial charge in [0.25, 0.3) is 0 Å². The normalized spacial score (nSPS) is 10.5. The largest absolute Gasteiger partial charge is 0.485 e. The Hall–Kier alpha value is -4.06. The van der Waals surface area contributed by atoms with E-state index < -0.39 is 0 Å². The van der Waals surface area contributed by atoms with Gasteiger partial charge in [0.2, 0.25) is 5.95 Å². The van der Waals surface area contributed by atoms with Crippen molar-refractivity contribution in [2.75, 3.05) is 11.9 Å². The molecule has 6 heteroatoms. The van der Waals surface area contributed by atoms with E-state index in [4.69, 9.17) is 9.47 Å². The van der Waals surface area contributed by atoms with Gasteiger partial charge in [-0.2, -0.15) is 0 Å². The summed E-state index contributed by atoms with van der Waals surface area (Å²) in [6.45, 7) is 0.926. The van der Waals surface area contributed by atoms with Gasteiger partial charge in [0.15, 0.2) is 17.3 Å². The highest BCUT2D eigenvalue weighted by molar-refractivity contribution is 5.99. The number of aryl methyl sites for hydroxylation is 1. The zero-order chi connectivity index (χ0) is 22.2. The first-order chi connectivity index (χ1) is 15.7. The van der Waals surface area contributed by atoms with Gasteiger partial charge in [-0.15, -0.1) is 0 Å². The van der Waals surface area contributed by atoms with Crippen LogP contribution in [0.5, 0.6) is 11.5 Å². The Kier molecular flexibility index (Phi) is 6.82. The van der Waals surface area contributed by atoms with Crippen LogP contribution in [0.1, 0.15) is 21.5 Å². The fourth-order valence-corrected chi connectivity index (χ4v) is 3.18.